The molecule has 0 aromatic rings. The number of hydrogen-bond acceptors (Lipinski definition) is 2. The molecule has 0 aromatic carbocycles. The summed E-state index contributed by atoms with van der Waals surface area (Å²) in [6.45, 7) is 5.46. The highest BCUT2D eigenvalue weighted by molar-refractivity contribution is 4.80. The fourth-order valence-corrected chi connectivity index (χ4v) is 1.72. The summed E-state index contributed by atoms with van der Waals surface area (Å²) in [5, 5.41) is 8.62. The average molecular weight is 158 g/mol. The van der Waals surface area contributed by atoms with E-state index in [1.54, 1.807) is 0 Å². The molecule has 1 aliphatic rings. The molecule has 0 saturated carbocycles. The fraction of sp³-hybridized carbons (Fsp3) is 1.00. The van der Waals surface area contributed by atoms with Crippen LogP contribution >= 0.6 is 0 Å². The van der Waals surface area contributed by atoms with Crippen molar-refractivity contribution >= 4 is 0 Å². The van der Waals surface area contributed by atoms with Crippen molar-refractivity contribution in [2.24, 2.45) is 5.92 Å². The highest BCUT2D eigenvalue weighted by atomic mass is 16.5. The maximum Gasteiger partial charge on any atom is 0.0630 e. The van der Waals surface area contributed by atoms with E-state index >= 15 is 0 Å². The second-order valence-corrected chi connectivity index (χ2v) is 4.01. The summed E-state index contributed by atoms with van der Waals surface area (Å²) in [4.78, 5) is 0. The average Bonchev–Trinajstić information content (AvgIpc) is 2.26. The van der Waals surface area contributed by atoms with Gasteiger partial charge in [-0.3, -0.25) is 0 Å². The van der Waals surface area contributed by atoms with Gasteiger partial charge in [0.2, 0.25) is 0 Å². The molecule has 1 rings (SSSR count). The SMILES string of the molecule is CC1(C)C[C@@H](CCCO)CO1. The predicted octanol–water partition coefficient (Wildman–Crippen LogP) is 1.57. The Morgan fingerprint density at radius 3 is 2.73 bits per heavy atom. The number of aliphatic hydroxyl groups is 1. The molecule has 0 aromatic heterocycles. The zero-order valence-corrected chi connectivity index (χ0v) is 7.47. The Bertz CT molecular complexity index is 121. The topological polar surface area (TPSA) is 29.5 Å². The summed E-state index contributed by atoms with van der Waals surface area (Å²) in [6, 6.07) is 0. The van der Waals surface area contributed by atoms with Crippen LogP contribution in [0.15, 0.2) is 0 Å². The highest BCUT2D eigenvalue weighted by Crippen LogP contribution is 2.31. The van der Waals surface area contributed by atoms with E-state index < -0.39 is 0 Å². The quantitative estimate of drug-likeness (QED) is 0.675. The Hall–Kier alpha value is -0.0800. The molecule has 1 saturated heterocycles. The van der Waals surface area contributed by atoms with Crippen molar-refractivity contribution in [1.29, 1.82) is 0 Å². The van der Waals surface area contributed by atoms with Crippen molar-refractivity contribution in [3.8, 4) is 0 Å². The van der Waals surface area contributed by atoms with Gasteiger partial charge in [0.25, 0.3) is 0 Å². The molecule has 1 heterocycles. The second kappa shape index (κ2) is 3.55. The first-order valence-electron chi connectivity index (χ1n) is 4.39. The number of ether oxygens (including phenoxy) is 1. The van der Waals surface area contributed by atoms with Gasteiger partial charge in [-0.05, 0) is 39.0 Å². The van der Waals surface area contributed by atoms with Crippen molar-refractivity contribution in [3.05, 3.63) is 0 Å². The largest absolute Gasteiger partial charge is 0.396 e. The Kier molecular flexibility index (Phi) is 2.90. The number of hydrogen-bond donors (Lipinski definition) is 1. The van der Waals surface area contributed by atoms with Gasteiger partial charge in [-0.25, -0.2) is 0 Å². The molecule has 1 atom stereocenters. The van der Waals surface area contributed by atoms with Gasteiger partial charge >= 0.3 is 0 Å². The Labute approximate surface area is 68.6 Å². The summed E-state index contributed by atoms with van der Waals surface area (Å²) >= 11 is 0. The fourth-order valence-electron chi connectivity index (χ4n) is 1.72. The van der Waals surface area contributed by atoms with Crippen LogP contribution < -0.4 is 0 Å². The van der Waals surface area contributed by atoms with Gasteiger partial charge in [0.15, 0.2) is 0 Å². The summed E-state index contributed by atoms with van der Waals surface area (Å²) < 4.78 is 5.57. The van der Waals surface area contributed by atoms with Crippen LogP contribution in [0.1, 0.15) is 33.1 Å². The molecule has 0 radical (unpaired) electrons. The molecule has 2 heteroatoms. The minimum absolute atomic E-state index is 0.0835. The monoisotopic (exact) mass is 158 g/mol. The van der Waals surface area contributed by atoms with Crippen LogP contribution in [0, 0.1) is 5.92 Å². The molecule has 0 spiro atoms. The van der Waals surface area contributed by atoms with Gasteiger partial charge in [-0.1, -0.05) is 0 Å². The first kappa shape index (κ1) is 9.01. The maximum atomic E-state index is 8.62. The standard InChI is InChI=1S/C9H18O2/c1-9(2)6-8(7-11-9)4-3-5-10/h8,10H,3-7H2,1-2H3/t8-/m1/s1. The molecule has 2 nitrogen and oxygen atoms in total. The second-order valence-electron chi connectivity index (χ2n) is 4.01. The van der Waals surface area contributed by atoms with E-state index in [1.807, 2.05) is 0 Å². The lowest BCUT2D eigenvalue weighted by Crippen LogP contribution is -2.16. The van der Waals surface area contributed by atoms with E-state index in [-0.39, 0.29) is 5.60 Å². The van der Waals surface area contributed by atoms with E-state index in [0.717, 1.165) is 25.9 Å². The summed E-state index contributed by atoms with van der Waals surface area (Å²) in [5.74, 6) is 0.678. The third-order valence-corrected chi connectivity index (χ3v) is 2.26. The molecular weight excluding hydrogens is 140 g/mol. The summed E-state index contributed by atoms with van der Waals surface area (Å²) in [5.41, 5.74) is 0.0835. The lowest BCUT2D eigenvalue weighted by atomic mass is 9.94. The molecule has 1 N–H and O–H groups in total. The normalized spacial score (nSPS) is 29.2. The lowest BCUT2D eigenvalue weighted by Gasteiger charge is -2.15. The Morgan fingerprint density at radius 1 is 1.55 bits per heavy atom. The third-order valence-electron chi connectivity index (χ3n) is 2.26. The maximum absolute atomic E-state index is 8.62. The minimum atomic E-state index is 0.0835. The molecule has 0 unspecified atom stereocenters. The van der Waals surface area contributed by atoms with Crippen LogP contribution in [-0.4, -0.2) is 23.9 Å². The molecule has 66 valence electrons. The van der Waals surface area contributed by atoms with Gasteiger partial charge in [0.1, 0.15) is 0 Å². The van der Waals surface area contributed by atoms with Crippen LogP contribution in [0.4, 0.5) is 0 Å². The third kappa shape index (κ3) is 2.80. The summed E-state index contributed by atoms with van der Waals surface area (Å²) in [7, 11) is 0. The van der Waals surface area contributed by atoms with Gasteiger partial charge in [-0.2, -0.15) is 0 Å². The molecule has 0 bridgehead atoms. The van der Waals surface area contributed by atoms with Crippen LogP contribution in [0.2, 0.25) is 0 Å². The van der Waals surface area contributed by atoms with E-state index in [9.17, 15) is 0 Å². The van der Waals surface area contributed by atoms with Gasteiger partial charge in [0, 0.05) is 6.61 Å². The first-order chi connectivity index (χ1) is 5.14. The molecule has 1 fully saturated rings. The molecular formula is C9H18O2. The van der Waals surface area contributed by atoms with Gasteiger partial charge < -0.3 is 9.84 Å². The predicted molar refractivity (Wildman–Crippen MR) is 44.5 cm³/mol. The van der Waals surface area contributed by atoms with E-state index in [1.165, 1.54) is 0 Å². The van der Waals surface area contributed by atoms with Gasteiger partial charge in [0.05, 0.1) is 12.2 Å². The highest BCUT2D eigenvalue weighted by Gasteiger charge is 2.31. The lowest BCUT2D eigenvalue weighted by molar-refractivity contribution is 0.0348. The van der Waals surface area contributed by atoms with E-state index in [0.29, 0.717) is 12.5 Å². The molecule has 0 aliphatic carbocycles. The van der Waals surface area contributed by atoms with Crippen LogP contribution in [-0.2, 0) is 4.74 Å². The zero-order chi connectivity index (χ0) is 8.32. The Morgan fingerprint density at radius 2 is 2.27 bits per heavy atom. The van der Waals surface area contributed by atoms with E-state index in [2.05, 4.69) is 13.8 Å². The first-order valence-corrected chi connectivity index (χ1v) is 4.39. The molecule has 11 heavy (non-hydrogen) atoms. The zero-order valence-electron chi connectivity index (χ0n) is 7.47. The number of aliphatic hydroxyl groups excluding tert-OH is 1. The van der Waals surface area contributed by atoms with Crippen LogP contribution in [0.5, 0.6) is 0 Å². The minimum Gasteiger partial charge on any atom is -0.396 e. The number of rotatable bonds is 3. The molecule has 0 amide bonds. The van der Waals surface area contributed by atoms with Crippen molar-refractivity contribution in [1.82, 2.24) is 0 Å². The van der Waals surface area contributed by atoms with Gasteiger partial charge in [-0.15, -0.1) is 0 Å². The van der Waals surface area contributed by atoms with Crippen molar-refractivity contribution < 1.29 is 9.84 Å². The molecule has 1 aliphatic heterocycles. The van der Waals surface area contributed by atoms with Crippen LogP contribution in [0.25, 0.3) is 0 Å². The van der Waals surface area contributed by atoms with Crippen molar-refractivity contribution in [2.75, 3.05) is 13.2 Å². The summed E-state index contributed by atoms with van der Waals surface area (Å²) in [6.07, 6.45) is 3.18. The van der Waals surface area contributed by atoms with Crippen molar-refractivity contribution in [3.63, 3.8) is 0 Å². The van der Waals surface area contributed by atoms with E-state index in [4.69, 9.17) is 9.84 Å². The van der Waals surface area contributed by atoms with Crippen molar-refractivity contribution in [2.45, 2.75) is 38.7 Å². The van der Waals surface area contributed by atoms with Crippen LogP contribution in [0.3, 0.4) is 0 Å². The Balaban J connectivity index is 2.20. The smallest absolute Gasteiger partial charge is 0.0630 e.